The second kappa shape index (κ2) is 8.43. The van der Waals surface area contributed by atoms with Gasteiger partial charge in [-0.3, -0.25) is 9.59 Å². The maximum absolute atomic E-state index is 13.7. The van der Waals surface area contributed by atoms with Crippen molar-refractivity contribution >= 4 is 28.4 Å². The van der Waals surface area contributed by atoms with Crippen molar-refractivity contribution in [3.05, 3.63) is 95.4 Å². The van der Waals surface area contributed by atoms with Gasteiger partial charge in [-0.2, -0.15) is 0 Å². The van der Waals surface area contributed by atoms with Crippen molar-refractivity contribution < 1.29 is 18.7 Å². The zero-order valence-corrected chi connectivity index (χ0v) is 17.8. The molecule has 2 heterocycles. The third-order valence-electron chi connectivity index (χ3n) is 5.88. The van der Waals surface area contributed by atoms with Gasteiger partial charge in [-0.25, -0.2) is 4.39 Å². The van der Waals surface area contributed by atoms with Gasteiger partial charge in [0.1, 0.15) is 11.6 Å². The molecule has 3 aromatic carbocycles. The van der Waals surface area contributed by atoms with Crippen LogP contribution in [0.15, 0.2) is 72.9 Å². The monoisotopic (exact) mass is 443 g/mol. The first-order chi connectivity index (χ1) is 16.0. The standard InChI is InChI=1S/C26H22FN3O3/c27-18-4-1-3-16(11-18)13-30-14-21-20(17-7-9-19(10-8-17)33-15-24(28)31)12-25(32)29-22-5-2-6-23(30)26(21)22/h1-11,14,20H,12-13,15H2,(H2,28,31)(H,29,32)/t20-/m1/s1. The number of rotatable bonds is 6. The van der Waals surface area contributed by atoms with Crippen molar-refractivity contribution in [2.45, 2.75) is 18.9 Å². The first-order valence-electron chi connectivity index (χ1n) is 10.6. The van der Waals surface area contributed by atoms with E-state index in [0.29, 0.717) is 12.3 Å². The average molecular weight is 443 g/mol. The number of ether oxygens (including phenoxy) is 1. The molecule has 33 heavy (non-hydrogen) atoms. The molecule has 1 aromatic heterocycles. The first kappa shape index (κ1) is 20.8. The minimum atomic E-state index is -0.543. The topological polar surface area (TPSA) is 86.4 Å². The molecule has 0 fully saturated rings. The molecule has 1 aliphatic heterocycles. The van der Waals surface area contributed by atoms with Gasteiger partial charge in [0.15, 0.2) is 6.61 Å². The third kappa shape index (κ3) is 4.17. The fourth-order valence-corrected chi connectivity index (χ4v) is 4.46. The molecule has 0 saturated heterocycles. The molecule has 166 valence electrons. The number of carbonyl (C=O) groups is 2. The highest BCUT2D eigenvalue weighted by atomic mass is 19.1. The number of nitrogens with zero attached hydrogens (tertiary/aromatic N) is 1. The molecule has 4 aromatic rings. The largest absolute Gasteiger partial charge is 0.484 e. The van der Waals surface area contributed by atoms with Crippen LogP contribution < -0.4 is 15.8 Å². The van der Waals surface area contributed by atoms with Crippen molar-refractivity contribution in [1.29, 1.82) is 0 Å². The van der Waals surface area contributed by atoms with Crippen LogP contribution in [-0.2, 0) is 16.1 Å². The summed E-state index contributed by atoms with van der Waals surface area (Å²) in [5.74, 6) is -0.512. The SMILES string of the molecule is NC(=O)COc1ccc([C@H]2CC(=O)Nc3cccc4c3c2cn4Cc2cccc(F)c2)cc1. The van der Waals surface area contributed by atoms with E-state index in [-0.39, 0.29) is 30.7 Å². The quantitative estimate of drug-likeness (QED) is 0.469. The maximum Gasteiger partial charge on any atom is 0.255 e. The number of hydrogen-bond acceptors (Lipinski definition) is 3. The smallest absolute Gasteiger partial charge is 0.255 e. The second-order valence-corrected chi connectivity index (χ2v) is 8.17. The summed E-state index contributed by atoms with van der Waals surface area (Å²) >= 11 is 0. The van der Waals surface area contributed by atoms with Crippen molar-refractivity contribution in [3.8, 4) is 5.75 Å². The number of halogens is 1. The Balaban J connectivity index is 1.56. The number of aromatic nitrogens is 1. The van der Waals surface area contributed by atoms with Crippen LogP contribution in [0.2, 0.25) is 0 Å². The van der Waals surface area contributed by atoms with Crippen molar-refractivity contribution in [1.82, 2.24) is 4.57 Å². The highest BCUT2D eigenvalue weighted by Crippen LogP contribution is 2.41. The molecular weight excluding hydrogens is 421 g/mol. The molecular formula is C26H22FN3O3. The number of primary amides is 1. The molecule has 0 aliphatic carbocycles. The fraction of sp³-hybridized carbons (Fsp3) is 0.154. The number of benzene rings is 3. The van der Waals surface area contributed by atoms with Gasteiger partial charge in [0.25, 0.3) is 5.91 Å². The summed E-state index contributed by atoms with van der Waals surface area (Å²) < 4.78 is 21.2. The second-order valence-electron chi connectivity index (χ2n) is 8.17. The molecule has 5 rings (SSSR count). The summed E-state index contributed by atoms with van der Waals surface area (Å²) in [4.78, 5) is 23.7. The van der Waals surface area contributed by atoms with Gasteiger partial charge in [-0.1, -0.05) is 30.3 Å². The summed E-state index contributed by atoms with van der Waals surface area (Å²) in [6.07, 6.45) is 2.34. The molecule has 6 nitrogen and oxygen atoms in total. The van der Waals surface area contributed by atoms with Crippen LogP contribution in [0.4, 0.5) is 10.1 Å². The lowest BCUT2D eigenvalue weighted by Gasteiger charge is -2.15. The van der Waals surface area contributed by atoms with Gasteiger partial charge in [0.2, 0.25) is 5.91 Å². The molecule has 0 saturated carbocycles. The molecule has 2 amide bonds. The summed E-state index contributed by atoms with van der Waals surface area (Å²) in [7, 11) is 0. The number of anilines is 1. The lowest BCUT2D eigenvalue weighted by atomic mass is 9.88. The lowest BCUT2D eigenvalue weighted by molar-refractivity contribution is -0.120. The molecule has 7 heteroatoms. The Kier molecular flexibility index (Phi) is 5.30. The number of nitrogens with one attached hydrogen (secondary N) is 1. The van der Waals surface area contributed by atoms with Gasteiger partial charge >= 0.3 is 0 Å². The van der Waals surface area contributed by atoms with E-state index in [0.717, 1.165) is 33.3 Å². The van der Waals surface area contributed by atoms with Crippen molar-refractivity contribution in [2.75, 3.05) is 11.9 Å². The Morgan fingerprint density at radius 2 is 1.91 bits per heavy atom. The predicted octanol–water partition coefficient (Wildman–Crippen LogP) is 4.17. The first-order valence-corrected chi connectivity index (χ1v) is 10.6. The Labute approximate surface area is 189 Å². The van der Waals surface area contributed by atoms with Gasteiger partial charge in [-0.05, 0) is 53.1 Å². The lowest BCUT2D eigenvalue weighted by Crippen LogP contribution is -2.20. The summed E-state index contributed by atoms with van der Waals surface area (Å²) in [6, 6.07) is 19.7. The van der Waals surface area contributed by atoms with E-state index >= 15 is 0 Å². The van der Waals surface area contributed by atoms with E-state index in [1.54, 1.807) is 18.2 Å². The van der Waals surface area contributed by atoms with Gasteiger partial charge in [-0.15, -0.1) is 0 Å². The van der Waals surface area contributed by atoms with Crippen molar-refractivity contribution in [3.63, 3.8) is 0 Å². The zero-order valence-electron chi connectivity index (χ0n) is 17.8. The summed E-state index contributed by atoms with van der Waals surface area (Å²) in [5.41, 5.74) is 9.73. The highest BCUT2D eigenvalue weighted by Gasteiger charge is 2.28. The van der Waals surface area contributed by atoms with Crippen LogP contribution in [-0.4, -0.2) is 23.0 Å². The molecule has 1 aliphatic rings. The van der Waals surface area contributed by atoms with Gasteiger partial charge < -0.3 is 20.4 Å². The van der Waals surface area contributed by atoms with Crippen LogP contribution in [0.25, 0.3) is 10.9 Å². The number of carbonyl (C=O) groups excluding carboxylic acids is 2. The van der Waals surface area contributed by atoms with Gasteiger partial charge in [0.05, 0.1) is 11.2 Å². The van der Waals surface area contributed by atoms with Crippen LogP contribution >= 0.6 is 0 Å². The van der Waals surface area contributed by atoms with Crippen LogP contribution in [0.5, 0.6) is 5.75 Å². The zero-order chi connectivity index (χ0) is 22.9. The third-order valence-corrected chi connectivity index (χ3v) is 5.88. The van der Waals surface area contributed by atoms with Gasteiger partial charge in [0, 0.05) is 30.5 Å². The molecule has 3 N–H and O–H groups in total. The molecule has 0 unspecified atom stereocenters. The Morgan fingerprint density at radius 1 is 1.12 bits per heavy atom. The van der Waals surface area contributed by atoms with E-state index in [1.165, 1.54) is 12.1 Å². The Hall–Kier alpha value is -4.13. The highest BCUT2D eigenvalue weighted by molar-refractivity contribution is 6.06. The maximum atomic E-state index is 13.7. The van der Waals surface area contributed by atoms with E-state index in [1.807, 2.05) is 36.4 Å². The normalized spacial score (nSPS) is 15.2. The Morgan fingerprint density at radius 3 is 2.67 bits per heavy atom. The van der Waals surface area contributed by atoms with Crippen LogP contribution in [0.1, 0.15) is 29.0 Å². The minimum absolute atomic E-state index is 0.0607. The summed E-state index contributed by atoms with van der Waals surface area (Å²) in [6.45, 7) is 0.320. The van der Waals surface area contributed by atoms with E-state index in [2.05, 4.69) is 16.1 Å². The summed E-state index contributed by atoms with van der Waals surface area (Å²) in [5, 5.41) is 4.01. The minimum Gasteiger partial charge on any atom is -0.484 e. The van der Waals surface area contributed by atoms with E-state index < -0.39 is 5.91 Å². The van der Waals surface area contributed by atoms with Crippen LogP contribution in [0, 0.1) is 5.82 Å². The number of nitrogens with two attached hydrogens (primary N) is 1. The molecule has 0 bridgehead atoms. The molecule has 0 radical (unpaired) electrons. The average Bonchev–Trinajstić information content (AvgIpc) is 3.08. The van der Waals surface area contributed by atoms with E-state index in [9.17, 15) is 14.0 Å². The number of hydrogen-bond donors (Lipinski definition) is 2. The van der Waals surface area contributed by atoms with Crippen LogP contribution in [0.3, 0.4) is 0 Å². The molecule has 1 atom stereocenters. The number of amides is 2. The molecule has 0 spiro atoms. The van der Waals surface area contributed by atoms with E-state index in [4.69, 9.17) is 10.5 Å². The predicted molar refractivity (Wildman–Crippen MR) is 124 cm³/mol. The Bertz CT molecular complexity index is 1360. The van der Waals surface area contributed by atoms with Crippen molar-refractivity contribution in [2.24, 2.45) is 5.73 Å². The fourth-order valence-electron chi connectivity index (χ4n) is 4.46.